The summed E-state index contributed by atoms with van der Waals surface area (Å²) in [5.74, 6) is 0.881. The van der Waals surface area contributed by atoms with Crippen LogP contribution in [-0.4, -0.2) is 18.0 Å². The molecule has 2 rings (SSSR count). The van der Waals surface area contributed by atoms with Crippen LogP contribution in [0.4, 0.5) is 11.4 Å². The van der Waals surface area contributed by atoms with E-state index in [1.54, 1.807) is 6.07 Å². The van der Waals surface area contributed by atoms with E-state index < -0.39 is 5.41 Å². The van der Waals surface area contributed by atoms with Crippen molar-refractivity contribution in [2.75, 3.05) is 18.0 Å². The lowest BCUT2D eigenvalue weighted by atomic mass is 9.80. The molecule has 1 unspecified atom stereocenters. The average Bonchev–Trinajstić information content (AvgIpc) is 3.10. The number of nitro benzene ring substituents is 1. The summed E-state index contributed by atoms with van der Waals surface area (Å²) in [5, 5.41) is 21.5. The monoisotopic (exact) mass is 357 g/mol. The molecule has 0 aromatic heterocycles. The number of nitriles is 1. The van der Waals surface area contributed by atoms with Crippen LogP contribution in [0.15, 0.2) is 18.2 Å². The van der Waals surface area contributed by atoms with Crippen LogP contribution in [0.2, 0.25) is 0 Å². The molecule has 26 heavy (non-hydrogen) atoms. The first-order valence-corrected chi connectivity index (χ1v) is 9.78. The molecule has 1 aromatic rings. The summed E-state index contributed by atoms with van der Waals surface area (Å²) in [6.07, 6.45) is 4.65. The molecule has 1 atom stereocenters. The van der Waals surface area contributed by atoms with Gasteiger partial charge >= 0.3 is 0 Å². The van der Waals surface area contributed by atoms with E-state index in [0.29, 0.717) is 17.5 Å². The highest BCUT2D eigenvalue weighted by Crippen LogP contribution is 2.43. The number of benzene rings is 1. The van der Waals surface area contributed by atoms with Gasteiger partial charge in [0.2, 0.25) is 0 Å². The van der Waals surface area contributed by atoms with E-state index in [2.05, 4.69) is 38.7 Å². The molecule has 0 spiro atoms. The molecule has 1 aliphatic carbocycles. The summed E-state index contributed by atoms with van der Waals surface area (Å²) in [5.41, 5.74) is 1.07. The highest BCUT2D eigenvalue weighted by Gasteiger charge is 2.37. The van der Waals surface area contributed by atoms with Crippen molar-refractivity contribution in [1.29, 1.82) is 5.26 Å². The van der Waals surface area contributed by atoms with Gasteiger partial charge in [0.05, 0.1) is 16.4 Å². The molecule has 1 aromatic carbocycles. The molecule has 0 heterocycles. The smallest absolute Gasteiger partial charge is 0.292 e. The highest BCUT2D eigenvalue weighted by atomic mass is 16.6. The maximum atomic E-state index is 11.8. The number of hydrogen-bond donors (Lipinski definition) is 0. The maximum Gasteiger partial charge on any atom is 0.292 e. The minimum absolute atomic E-state index is 0.132. The molecule has 5 heteroatoms. The van der Waals surface area contributed by atoms with E-state index in [4.69, 9.17) is 0 Å². The molecule has 5 nitrogen and oxygen atoms in total. The van der Waals surface area contributed by atoms with Gasteiger partial charge in [0, 0.05) is 19.2 Å². The van der Waals surface area contributed by atoms with E-state index in [1.165, 1.54) is 0 Å². The first kappa shape index (κ1) is 20.2. The van der Waals surface area contributed by atoms with E-state index in [0.717, 1.165) is 50.8 Å². The Morgan fingerprint density at radius 2 is 1.92 bits per heavy atom. The molecule has 0 N–H and O–H groups in total. The Balaban J connectivity index is 2.46. The molecule has 0 radical (unpaired) electrons. The lowest BCUT2D eigenvalue weighted by Crippen LogP contribution is -2.32. The third-order valence-electron chi connectivity index (χ3n) is 5.55. The summed E-state index contributed by atoms with van der Waals surface area (Å²) >= 11 is 0. The van der Waals surface area contributed by atoms with Gasteiger partial charge in [0.1, 0.15) is 5.69 Å². The zero-order chi connectivity index (χ0) is 19.3. The largest absolute Gasteiger partial charge is 0.365 e. The van der Waals surface area contributed by atoms with E-state index in [1.807, 2.05) is 12.1 Å². The predicted molar refractivity (Wildman–Crippen MR) is 105 cm³/mol. The van der Waals surface area contributed by atoms with Crippen molar-refractivity contribution < 1.29 is 4.92 Å². The lowest BCUT2D eigenvalue weighted by molar-refractivity contribution is -0.384. The molecule has 1 saturated carbocycles. The van der Waals surface area contributed by atoms with Gasteiger partial charge in [-0.15, -0.1) is 0 Å². The minimum Gasteiger partial charge on any atom is -0.365 e. The van der Waals surface area contributed by atoms with Gasteiger partial charge in [-0.3, -0.25) is 10.1 Å². The quantitative estimate of drug-likeness (QED) is 0.459. The van der Waals surface area contributed by atoms with Crippen molar-refractivity contribution in [3.05, 3.63) is 33.9 Å². The fourth-order valence-corrected chi connectivity index (χ4v) is 3.90. The molecule has 0 saturated heterocycles. The fourth-order valence-electron chi connectivity index (χ4n) is 3.90. The number of nitrogens with zero attached hydrogens (tertiary/aromatic N) is 3. The van der Waals surface area contributed by atoms with Crippen molar-refractivity contribution in [2.45, 2.75) is 65.2 Å². The third kappa shape index (κ3) is 4.35. The van der Waals surface area contributed by atoms with Crippen molar-refractivity contribution in [3.8, 4) is 6.07 Å². The fraction of sp³-hybridized carbons (Fsp3) is 0.667. The van der Waals surface area contributed by atoms with Gasteiger partial charge in [0.25, 0.3) is 5.69 Å². The Bertz CT molecular complexity index is 672. The lowest BCUT2D eigenvalue weighted by Gasteiger charge is -2.30. The van der Waals surface area contributed by atoms with Crippen LogP contribution in [0.25, 0.3) is 0 Å². The Kier molecular flexibility index (Phi) is 6.63. The number of hydrogen-bond acceptors (Lipinski definition) is 4. The summed E-state index contributed by atoms with van der Waals surface area (Å²) in [6.45, 7) is 10.2. The molecule has 0 amide bonds. The van der Waals surface area contributed by atoms with Gasteiger partial charge in [-0.2, -0.15) is 5.26 Å². The van der Waals surface area contributed by atoms with Crippen molar-refractivity contribution in [1.82, 2.24) is 0 Å². The second-order valence-corrected chi connectivity index (χ2v) is 8.17. The maximum absolute atomic E-state index is 11.8. The van der Waals surface area contributed by atoms with Crippen LogP contribution in [-0.2, 0) is 5.41 Å². The second kappa shape index (κ2) is 8.53. The van der Waals surface area contributed by atoms with Crippen LogP contribution in [0, 0.1) is 33.3 Å². The Hall–Kier alpha value is -2.09. The Labute approximate surface area is 157 Å². The molecular formula is C21H31N3O2. The zero-order valence-corrected chi connectivity index (χ0v) is 16.5. The number of rotatable bonds is 8. The summed E-state index contributed by atoms with van der Waals surface area (Å²) in [6, 6.07) is 7.92. The van der Waals surface area contributed by atoms with Gasteiger partial charge in [-0.1, -0.05) is 53.0 Å². The van der Waals surface area contributed by atoms with Crippen LogP contribution >= 0.6 is 0 Å². The van der Waals surface area contributed by atoms with Crippen LogP contribution in [0.3, 0.4) is 0 Å². The van der Waals surface area contributed by atoms with E-state index in [-0.39, 0.29) is 10.6 Å². The SMILES string of the molecule is CCC(C)CN(CC(C)C)c1ccc(C2(C#N)CCCC2)cc1[N+](=O)[O-]. The topological polar surface area (TPSA) is 70.2 Å². The predicted octanol–water partition coefficient (Wildman–Crippen LogP) is 5.44. The first-order chi connectivity index (χ1) is 12.3. The summed E-state index contributed by atoms with van der Waals surface area (Å²) in [7, 11) is 0. The second-order valence-electron chi connectivity index (χ2n) is 8.17. The Morgan fingerprint density at radius 1 is 1.27 bits per heavy atom. The standard InChI is InChI=1S/C21H31N3O2/c1-5-17(4)14-23(13-16(2)3)19-9-8-18(12-20(19)24(25)26)21(15-22)10-6-7-11-21/h8-9,12,16-17H,5-7,10-11,13-14H2,1-4H3. The zero-order valence-electron chi connectivity index (χ0n) is 16.5. The molecular weight excluding hydrogens is 326 g/mol. The van der Waals surface area contributed by atoms with Crippen molar-refractivity contribution in [3.63, 3.8) is 0 Å². The molecule has 0 bridgehead atoms. The van der Waals surface area contributed by atoms with Crippen molar-refractivity contribution in [2.24, 2.45) is 11.8 Å². The van der Waals surface area contributed by atoms with Crippen molar-refractivity contribution >= 4 is 11.4 Å². The molecule has 1 aliphatic rings. The average molecular weight is 357 g/mol. The van der Waals surface area contributed by atoms with Crippen LogP contribution < -0.4 is 4.90 Å². The minimum atomic E-state index is -0.553. The first-order valence-electron chi connectivity index (χ1n) is 9.78. The van der Waals surface area contributed by atoms with Crippen LogP contribution in [0.5, 0.6) is 0 Å². The van der Waals surface area contributed by atoms with E-state index in [9.17, 15) is 15.4 Å². The normalized spacial score (nSPS) is 17.1. The molecule has 0 aliphatic heterocycles. The van der Waals surface area contributed by atoms with Gasteiger partial charge < -0.3 is 4.90 Å². The summed E-state index contributed by atoms with van der Waals surface area (Å²) in [4.78, 5) is 13.7. The highest BCUT2D eigenvalue weighted by molar-refractivity contribution is 5.65. The number of anilines is 1. The third-order valence-corrected chi connectivity index (χ3v) is 5.55. The molecule has 1 fully saturated rings. The summed E-state index contributed by atoms with van der Waals surface area (Å²) < 4.78 is 0. The van der Waals surface area contributed by atoms with Gasteiger partial charge in [-0.05, 0) is 36.3 Å². The molecule has 142 valence electrons. The van der Waals surface area contributed by atoms with Gasteiger partial charge in [-0.25, -0.2) is 0 Å². The van der Waals surface area contributed by atoms with E-state index >= 15 is 0 Å². The van der Waals surface area contributed by atoms with Gasteiger partial charge in [0.15, 0.2) is 0 Å². The van der Waals surface area contributed by atoms with Crippen LogP contribution in [0.1, 0.15) is 65.4 Å². The number of nitro groups is 1. The Morgan fingerprint density at radius 3 is 2.42 bits per heavy atom.